The van der Waals surface area contributed by atoms with Crippen molar-refractivity contribution in [1.29, 1.82) is 0 Å². The number of amides is 1. The lowest BCUT2D eigenvalue weighted by molar-refractivity contribution is -0.140. The second kappa shape index (κ2) is 5.60. The number of hydrogen-bond donors (Lipinski definition) is 2. The SMILES string of the molecule is CN(CCC(=O)O)C(=O)C1CNc2ccccc2O1. The van der Waals surface area contributed by atoms with Crippen LogP contribution in [0.2, 0.25) is 0 Å². The van der Waals surface area contributed by atoms with Crippen LogP contribution < -0.4 is 10.1 Å². The second-order valence-electron chi connectivity index (χ2n) is 4.39. The van der Waals surface area contributed by atoms with Crippen molar-refractivity contribution in [3.05, 3.63) is 24.3 Å². The third-order valence-corrected chi connectivity index (χ3v) is 2.95. The maximum Gasteiger partial charge on any atom is 0.305 e. The van der Waals surface area contributed by atoms with Crippen molar-refractivity contribution in [3.63, 3.8) is 0 Å². The van der Waals surface area contributed by atoms with Gasteiger partial charge < -0.3 is 20.1 Å². The van der Waals surface area contributed by atoms with Crippen LogP contribution in [0.5, 0.6) is 5.75 Å². The van der Waals surface area contributed by atoms with E-state index in [0.717, 1.165) is 5.69 Å². The van der Waals surface area contributed by atoms with Gasteiger partial charge in [-0.3, -0.25) is 9.59 Å². The molecule has 102 valence electrons. The number of nitrogens with one attached hydrogen (secondary N) is 1. The summed E-state index contributed by atoms with van der Waals surface area (Å²) in [5.41, 5.74) is 0.861. The van der Waals surface area contributed by atoms with Crippen molar-refractivity contribution in [3.8, 4) is 5.75 Å². The highest BCUT2D eigenvalue weighted by Crippen LogP contribution is 2.28. The summed E-state index contributed by atoms with van der Waals surface area (Å²) in [5.74, 6) is -0.505. The highest BCUT2D eigenvalue weighted by molar-refractivity contribution is 5.83. The minimum atomic E-state index is -0.923. The van der Waals surface area contributed by atoms with Crippen molar-refractivity contribution < 1.29 is 19.4 Å². The topological polar surface area (TPSA) is 78.9 Å². The van der Waals surface area contributed by atoms with Gasteiger partial charge in [0.05, 0.1) is 18.7 Å². The minimum absolute atomic E-state index is 0.0705. The lowest BCUT2D eigenvalue weighted by Gasteiger charge is -2.29. The van der Waals surface area contributed by atoms with Crippen LogP contribution in [0.25, 0.3) is 0 Å². The molecule has 1 aromatic carbocycles. The van der Waals surface area contributed by atoms with E-state index in [0.29, 0.717) is 12.3 Å². The molecule has 2 N–H and O–H groups in total. The summed E-state index contributed by atoms with van der Waals surface area (Å²) in [6.07, 6.45) is -0.687. The zero-order valence-electron chi connectivity index (χ0n) is 10.6. The van der Waals surface area contributed by atoms with Crippen molar-refractivity contribution >= 4 is 17.6 Å². The Bertz CT molecular complexity index is 489. The predicted octanol–water partition coefficient (Wildman–Crippen LogP) is 0.793. The minimum Gasteiger partial charge on any atom is -0.481 e. The number of fused-ring (bicyclic) bond motifs is 1. The number of para-hydroxylation sites is 2. The number of carbonyl (C=O) groups is 2. The zero-order chi connectivity index (χ0) is 13.8. The van der Waals surface area contributed by atoms with E-state index in [9.17, 15) is 9.59 Å². The van der Waals surface area contributed by atoms with Gasteiger partial charge in [0.1, 0.15) is 5.75 Å². The number of rotatable bonds is 4. The van der Waals surface area contributed by atoms with Crippen LogP contribution in [0.4, 0.5) is 5.69 Å². The highest BCUT2D eigenvalue weighted by atomic mass is 16.5. The summed E-state index contributed by atoms with van der Waals surface area (Å²) in [5, 5.41) is 11.7. The van der Waals surface area contributed by atoms with Gasteiger partial charge in [0.25, 0.3) is 5.91 Å². The number of ether oxygens (including phenoxy) is 1. The number of anilines is 1. The van der Waals surface area contributed by atoms with E-state index in [4.69, 9.17) is 9.84 Å². The molecule has 6 nitrogen and oxygen atoms in total. The van der Waals surface area contributed by atoms with Crippen LogP contribution in [-0.4, -0.2) is 48.1 Å². The highest BCUT2D eigenvalue weighted by Gasteiger charge is 2.28. The molecule has 1 amide bonds. The molecule has 1 aromatic rings. The molecule has 0 fully saturated rings. The van der Waals surface area contributed by atoms with Crippen molar-refractivity contribution in [1.82, 2.24) is 4.90 Å². The van der Waals surface area contributed by atoms with E-state index in [1.54, 1.807) is 13.1 Å². The smallest absolute Gasteiger partial charge is 0.305 e. The van der Waals surface area contributed by atoms with E-state index in [2.05, 4.69) is 5.32 Å². The predicted molar refractivity (Wildman–Crippen MR) is 69.2 cm³/mol. The first-order valence-corrected chi connectivity index (χ1v) is 6.04. The molecule has 6 heteroatoms. The number of carbonyl (C=O) groups excluding carboxylic acids is 1. The summed E-state index contributed by atoms with van der Waals surface area (Å²) >= 11 is 0. The van der Waals surface area contributed by atoms with E-state index in [1.165, 1.54) is 4.90 Å². The van der Waals surface area contributed by atoms with Gasteiger partial charge >= 0.3 is 5.97 Å². The number of benzene rings is 1. The van der Waals surface area contributed by atoms with Crippen LogP contribution >= 0.6 is 0 Å². The Kier molecular flexibility index (Phi) is 3.89. The summed E-state index contributed by atoms with van der Waals surface area (Å²) in [4.78, 5) is 24.0. The summed E-state index contributed by atoms with van der Waals surface area (Å²) in [6.45, 7) is 0.558. The molecule has 0 bridgehead atoms. The van der Waals surface area contributed by atoms with Crippen LogP contribution in [-0.2, 0) is 9.59 Å². The molecule has 1 unspecified atom stereocenters. The lowest BCUT2D eigenvalue weighted by atomic mass is 10.2. The first kappa shape index (κ1) is 13.2. The molecule has 0 aliphatic carbocycles. The second-order valence-corrected chi connectivity index (χ2v) is 4.39. The summed E-state index contributed by atoms with van der Waals surface area (Å²) in [7, 11) is 1.58. The maximum atomic E-state index is 12.1. The molecule has 1 aliphatic rings. The number of hydrogen-bond acceptors (Lipinski definition) is 4. The molecule has 19 heavy (non-hydrogen) atoms. The van der Waals surface area contributed by atoms with Gasteiger partial charge in [0.15, 0.2) is 6.10 Å². The molecule has 0 radical (unpaired) electrons. The van der Waals surface area contributed by atoms with Gasteiger partial charge in [0, 0.05) is 13.6 Å². The largest absolute Gasteiger partial charge is 0.481 e. The first-order valence-electron chi connectivity index (χ1n) is 6.04. The number of carboxylic acid groups (broad SMARTS) is 1. The Morgan fingerprint density at radius 1 is 1.47 bits per heavy atom. The fraction of sp³-hybridized carbons (Fsp3) is 0.385. The quantitative estimate of drug-likeness (QED) is 0.840. The van der Waals surface area contributed by atoms with Gasteiger partial charge in [-0.15, -0.1) is 0 Å². The van der Waals surface area contributed by atoms with Gasteiger partial charge in [-0.25, -0.2) is 0 Å². The van der Waals surface area contributed by atoms with E-state index in [-0.39, 0.29) is 18.9 Å². The third-order valence-electron chi connectivity index (χ3n) is 2.95. The Balaban J connectivity index is 1.96. The first-order chi connectivity index (χ1) is 9.08. The van der Waals surface area contributed by atoms with Crippen molar-refractivity contribution in [2.75, 3.05) is 25.5 Å². The average Bonchev–Trinajstić information content (AvgIpc) is 2.43. The van der Waals surface area contributed by atoms with Crippen molar-refractivity contribution in [2.24, 2.45) is 0 Å². The Morgan fingerprint density at radius 3 is 2.95 bits per heavy atom. The van der Waals surface area contributed by atoms with Gasteiger partial charge in [-0.1, -0.05) is 12.1 Å². The van der Waals surface area contributed by atoms with Gasteiger partial charge in [-0.05, 0) is 12.1 Å². The Morgan fingerprint density at radius 2 is 2.21 bits per heavy atom. The molecule has 1 heterocycles. The standard InChI is InChI=1S/C13H16N2O4/c1-15(7-6-12(16)17)13(18)11-8-14-9-4-2-3-5-10(9)19-11/h2-5,11,14H,6-8H2,1H3,(H,16,17). The molecule has 0 saturated heterocycles. The molecular formula is C13H16N2O4. The van der Waals surface area contributed by atoms with E-state index >= 15 is 0 Å². The number of carboxylic acids is 1. The summed E-state index contributed by atoms with van der Waals surface area (Å²) < 4.78 is 5.62. The van der Waals surface area contributed by atoms with E-state index in [1.807, 2.05) is 18.2 Å². The fourth-order valence-electron chi connectivity index (χ4n) is 1.87. The monoisotopic (exact) mass is 264 g/mol. The Labute approximate surface area is 111 Å². The normalized spacial score (nSPS) is 16.8. The Hall–Kier alpha value is -2.24. The van der Waals surface area contributed by atoms with Gasteiger partial charge in [-0.2, -0.15) is 0 Å². The molecule has 0 saturated carbocycles. The fourth-order valence-corrected chi connectivity index (χ4v) is 1.87. The third kappa shape index (κ3) is 3.15. The lowest BCUT2D eigenvalue weighted by Crippen LogP contribution is -2.46. The molecule has 1 aliphatic heterocycles. The van der Waals surface area contributed by atoms with Crippen LogP contribution in [0, 0.1) is 0 Å². The van der Waals surface area contributed by atoms with E-state index < -0.39 is 12.1 Å². The molecule has 2 rings (SSSR count). The number of likely N-dealkylation sites (N-methyl/N-ethyl adjacent to an activating group) is 1. The van der Waals surface area contributed by atoms with Crippen molar-refractivity contribution in [2.45, 2.75) is 12.5 Å². The van der Waals surface area contributed by atoms with Gasteiger partial charge in [0.2, 0.25) is 0 Å². The number of aliphatic carboxylic acids is 1. The zero-order valence-corrected chi connectivity index (χ0v) is 10.6. The number of nitrogens with zero attached hydrogens (tertiary/aromatic N) is 1. The molecule has 1 atom stereocenters. The molecular weight excluding hydrogens is 248 g/mol. The van der Waals surface area contributed by atoms with Crippen LogP contribution in [0.15, 0.2) is 24.3 Å². The maximum absolute atomic E-state index is 12.1. The van der Waals surface area contributed by atoms with Crippen LogP contribution in [0.1, 0.15) is 6.42 Å². The molecule has 0 aromatic heterocycles. The van der Waals surface area contributed by atoms with Crippen LogP contribution in [0.3, 0.4) is 0 Å². The average molecular weight is 264 g/mol. The molecule has 0 spiro atoms. The summed E-state index contributed by atoms with van der Waals surface area (Å²) in [6, 6.07) is 7.39.